The number of aliphatic hydroxyl groups excluding tert-OH is 2. The summed E-state index contributed by atoms with van der Waals surface area (Å²) < 4.78 is 31.2. The molecule has 0 saturated carbocycles. The van der Waals surface area contributed by atoms with Crippen molar-refractivity contribution >= 4 is 0 Å². The summed E-state index contributed by atoms with van der Waals surface area (Å²) in [6, 6.07) is 0. The Morgan fingerprint density at radius 1 is 0.857 bits per heavy atom. The van der Waals surface area contributed by atoms with E-state index in [1.54, 1.807) is 7.11 Å². The van der Waals surface area contributed by atoms with E-state index in [0.29, 0.717) is 26.4 Å². The van der Waals surface area contributed by atoms with E-state index in [0.717, 1.165) is 0 Å². The Kier molecular flexibility index (Phi) is 9.29. The number of aliphatic hydroxyl groups is 2. The summed E-state index contributed by atoms with van der Waals surface area (Å²) in [6.45, 7) is 2.08. The van der Waals surface area contributed by atoms with Gasteiger partial charge in [0.2, 0.25) is 0 Å². The van der Waals surface area contributed by atoms with E-state index in [4.69, 9.17) is 28.4 Å². The Bertz CT molecular complexity index is 265. The maximum Gasteiger partial charge on any atom is 0.186 e. The largest absolute Gasteiger partial charge is 0.387 e. The second kappa shape index (κ2) is 10.4. The third-order valence-corrected chi connectivity index (χ3v) is 3.23. The van der Waals surface area contributed by atoms with Gasteiger partial charge in [0.05, 0.1) is 33.0 Å². The van der Waals surface area contributed by atoms with Crippen LogP contribution in [0.15, 0.2) is 0 Å². The summed E-state index contributed by atoms with van der Waals surface area (Å²) in [7, 11) is 4.45. The fourth-order valence-electron chi connectivity index (χ4n) is 2.09. The van der Waals surface area contributed by atoms with Crippen molar-refractivity contribution in [1.29, 1.82) is 0 Å². The maximum atomic E-state index is 9.98. The summed E-state index contributed by atoms with van der Waals surface area (Å²) in [5.74, 6) is 0. The van der Waals surface area contributed by atoms with Crippen LogP contribution >= 0.6 is 0 Å². The molecule has 1 saturated heterocycles. The van der Waals surface area contributed by atoms with Gasteiger partial charge in [-0.05, 0) is 0 Å². The molecule has 0 bridgehead atoms. The van der Waals surface area contributed by atoms with Crippen molar-refractivity contribution in [2.75, 3.05) is 54.4 Å². The zero-order valence-corrected chi connectivity index (χ0v) is 12.8. The Labute approximate surface area is 124 Å². The van der Waals surface area contributed by atoms with Crippen molar-refractivity contribution in [3.05, 3.63) is 0 Å². The van der Waals surface area contributed by atoms with Crippen LogP contribution in [0.3, 0.4) is 0 Å². The van der Waals surface area contributed by atoms with Gasteiger partial charge in [0.25, 0.3) is 0 Å². The zero-order chi connectivity index (χ0) is 15.7. The summed E-state index contributed by atoms with van der Waals surface area (Å²) in [5.41, 5.74) is 0. The first kappa shape index (κ1) is 18.7. The quantitative estimate of drug-likeness (QED) is 0.485. The number of hydrogen-bond donors (Lipinski definition) is 2. The molecule has 126 valence electrons. The third kappa shape index (κ3) is 5.76. The number of hydrogen-bond acceptors (Lipinski definition) is 8. The molecule has 0 aliphatic carbocycles. The minimum Gasteiger partial charge on any atom is -0.387 e. The van der Waals surface area contributed by atoms with Gasteiger partial charge < -0.3 is 38.6 Å². The predicted octanol–water partition coefficient (Wildman–Crippen LogP) is -1.23. The van der Waals surface area contributed by atoms with Crippen molar-refractivity contribution in [2.24, 2.45) is 0 Å². The van der Waals surface area contributed by atoms with Gasteiger partial charge >= 0.3 is 0 Å². The first-order valence-corrected chi connectivity index (χ1v) is 6.87. The molecular weight excluding hydrogens is 284 g/mol. The molecule has 0 aromatic carbocycles. The Hall–Kier alpha value is -0.320. The van der Waals surface area contributed by atoms with E-state index in [9.17, 15) is 10.2 Å². The van der Waals surface area contributed by atoms with E-state index in [1.807, 2.05) is 0 Å². The van der Waals surface area contributed by atoms with Crippen LogP contribution in [0, 0.1) is 0 Å². The summed E-state index contributed by atoms with van der Waals surface area (Å²) in [5, 5.41) is 19.8. The normalized spacial score (nSPS) is 33.3. The Balaban J connectivity index is 2.30. The number of methoxy groups -OCH3 is 3. The molecular formula is C13H26O8. The van der Waals surface area contributed by atoms with Crippen molar-refractivity contribution in [1.82, 2.24) is 0 Å². The Morgan fingerprint density at radius 3 is 2.14 bits per heavy atom. The molecule has 1 rings (SSSR count). The smallest absolute Gasteiger partial charge is 0.186 e. The average Bonchev–Trinajstić information content (AvgIpc) is 2.49. The lowest BCUT2D eigenvalue weighted by atomic mass is 9.99. The van der Waals surface area contributed by atoms with Crippen LogP contribution in [0.25, 0.3) is 0 Å². The van der Waals surface area contributed by atoms with Gasteiger partial charge in [-0.1, -0.05) is 0 Å². The molecule has 8 nitrogen and oxygen atoms in total. The molecule has 1 fully saturated rings. The summed E-state index contributed by atoms with van der Waals surface area (Å²) in [4.78, 5) is 0. The lowest BCUT2D eigenvalue weighted by Gasteiger charge is -2.41. The molecule has 0 aromatic rings. The predicted molar refractivity (Wildman–Crippen MR) is 72.0 cm³/mol. The first-order valence-electron chi connectivity index (χ1n) is 6.87. The second-order valence-electron chi connectivity index (χ2n) is 4.64. The van der Waals surface area contributed by atoms with E-state index in [2.05, 4.69) is 0 Å². The molecule has 0 spiro atoms. The molecule has 0 aromatic heterocycles. The van der Waals surface area contributed by atoms with Gasteiger partial charge in [0.1, 0.15) is 24.4 Å². The van der Waals surface area contributed by atoms with E-state index < -0.39 is 30.7 Å². The highest BCUT2D eigenvalue weighted by Gasteiger charge is 2.45. The second-order valence-corrected chi connectivity index (χ2v) is 4.64. The van der Waals surface area contributed by atoms with Crippen LogP contribution in [0.4, 0.5) is 0 Å². The molecule has 5 unspecified atom stereocenters. The lowest BCUT2D eigenvalue weighted by molar-refractivity contribution is -0.300. The van der Waals surface area contributed by atoms with Crippen molar-refractivity contribution < 1.29 is 38.6 Å². The van der Waals surface area contributed by atoms with Crippen molar-refractivity contribution in [3.63, 3.8) is 0 Å². The van der Waals surface area contributed by atoms with Crippen LogP contribution in [-0.4, -0.2) is 95.3 Å². The highest BCUT2D eigenvalue weighted by Crippen LogP contribution is 2.23. The molecule has 5 atom stereocenters. The average molecular weight is 310 g/mol. The Morgan fingerprint density at radius 2 is 1.52 bits per heavy atom. The van der Waals surface area contributed by atoms with Gasteiger partial charge in [-0.25, -0.2) is 0 Å². The topological polar surface area (TPSA) is 95.8 Å². The minimum atomic E-state index is -1.16. The van der Waals surface area contributed by atoms with Gasteiger partial charge in [-0.3, -0.25) is 0 Å². The number of ether oxygens (including phenoxy) is 6. The van der Waals surface area contributed by atoms with Crippen LogP contribution in [0.5, 0.6) is 0 Å². The fourth-order valence-corrected chi connectivity index (χ4v) is 2.09. The van der Waals surface area contributed by atoms with Crippen molar-refractivity contribution in [3.8, 4) is 0 Å². The fraction of sp³-hybridized carbons (Fsp3) is 1.00. The van der Waals surface area contributed by atoms with E-state index >= 15 is 0 Å². The molecule has 0 amide bonds. The maximum absolute atomic E-state index is 9.98. The molecule has 2 N–H and O–H groups in total. The van der Waals surface area contributed by atoms with E-state index in [-0.39, 0.29) is 6.61 Å². The van der Waals surface area contributed by atoms with Crippen LogP contribution in [-0.2, 0) is 28.4 Å². The standard InChI is InChI=1S/C13H26O8/c1-16-4-5-19-6-7-20-8-9-12(17-2)10(14)11(15)13(18-3)21-9/h9-15H,4-8H2,1-3H3. The highest BCUT2D eigenvalue weighted by atomic mass is 16.7. The lowest BCUT2D eigenvalue weighted by Crippen LogP contribution is -2.59. The molecule has 21 heavy (non-hydrogen) atoms. The summed E-state index contributed by atoms with van der Waals surface area (Å²) >= 11 is 0. The van der Waals surface area contributed by atoms with E-state index in [1.165, 1.54) is 14.2 Å². The van der Waals surface area contributed by atoms with Gasteiger partial charge in [0.15, 0.2) is 6.29 Å². The van der Waals surface area contributed by atoms with Gasteiger partial charge in [-0.15, -0.1) is 0 Å². The molecule has 1 aliphatic heterocycles. The number of rotatable bonds is 10. The third-order valence-electron chi connectivity index (χ3n) is 3.23. The minimum absolute atomic E-state index is 0.204. The molecule has 1 heterocycles. The molecule has 8 heteroatoms. The van der Waals surface area contributed by atoms with Crippen molar-refractivity contribution in [2.45, 2.75) is 30.7 Å². The SMILES string of the molecule is COCCOCCOCC1OC(OC)C(O)C(O)C1OC. The monoisotopic (exact) mass is 310 g/mol. The van der Waals surface area contributed by atoms with Gasteiger partial charge in [0, 0.05) is 21.3 Å². The van der Waals surface area contributed by atoms with Crippen LogP contribution in [0.1, 0.15) is 0 Å². The van der Waals surface area contributed by atoms with Crippen LogP contribution in [0.2, 0.25) is 0 Å². The molecule has 1 aliphatic rings. The zero-order valence-electron chi connectivity index (χ0n) is 12.8. The highest BCUT2D eigenvalue weighted by molar-refractivity contribution is 4.90. The molecule has 0 radical (unpaired) electrons. The summed E-state index contributed by atoms with van der Waals surface area (Å²) in [6.07, 6.45) is -4.37. The first-order chi connectivity index (χ1) is 10.2. The van der Waals surface area contributed by atoms with Gasteiger partial charge in [-0.2, -0.15) is 0 Å². The van der Waals surface area contributed by atoms with Crippen LogP contribution < -0.4 is 0 Å².